The van der Waals surface area contributed by atoms with Crippen molar-refractivity contribution in [3.8, 4) is 23.0 Å². The van der Waals surface area contributed by atoms with Crippen molar-refractivity contribution in [1.82, 2.24) is 0 Å². The highest BCUT2D eigenvalue weighted by Crippen LogP contribution is 2.42. The second kappa shape index (κ2) is 40.5. The van der Waals surface area contributed by atoms with Crippen LogP contribution >= 0.6 is 0 Å². The summed E-state index contributed by atoms with van der Waals surface area (Å²) in [7, 11) is 0. The van der Waals surface area contributed by atoms with E-state index in [0.29, 0.717) is 126 Å². The fraction of sp³-hybridized carbons (Fsp3) is 0.684. The minimum absolute atomic E-state index is 0.0458. The smallest absolute Gasteiger partial charge is 0.186 e. The lowest BCUT2D eigenvalue weighted by Crippen LogP contribution is -2.59. The molecule has 4 heterocycles. The first kappa shape index (κ1) is 83.2. The molecule has 1 aliphatic carbocycles. The molecule has 584 valence electrons. The first-order chi connectivity index (χ1) is 50.2. The van der Waals surface area contributed by atoms with E-state index >= 15 is 0 Å². The Labute approximate surface area is 607 Å². The number of benzene rings is 4. The Morgan fingerprint density at radius 1 is 0.269 bits per heavy atom. The second-order valence-electron chi connectivity index (χ2n) is 27.8. The summed E-state index contributed by atoms with van der Waals surface area (Å²) in [6, 6.07) is 16.9. The number of aliphatic hydroxyl groups is 16. The van der Waals surface area contributed by atoms with E-state index in [1.165, 1.54) is 0 Å². The summed E-state index contributed by atoms with van der Waals surface area (Å²) < 4.78 is 74.9. The molecular weight excluding hydrogens is 1360 g/mol. The van der Waals surface area contributed by atoms with Crippen LogP contribution in [0.3, 0.4) is 0 Å². The van der Waals surface area contributed by atoms with Gasteiger partial charge in [-0.3, -0.25) is 0 Å². The molecular formula is C76H112O28. The number of aryl methyl sites for hydroxylation is 4. The lowest BCUT2D eigenvalue weighted by Gasteiger charge is -2.39. The van der Waals surface area contributed by atoms with Gasteiger partial charge in [-0.05, 0) is 144 Å². The van der Waals surface area contributed by atoms with E-state index in [9.17, 15) is 81.7 Å². The topological polar surface area (TPSA) is 434 Å². The maximum absolute atomic E-state index is 10.9. The minimum atomic E-state index is -1.63. The molecule has 8 bridgehead atoms. The molecule has 20 unspecified atom stereocenters. The van der Waals surface area contributed by atoms with Crippen LogP contribution in [0.25, 0.3) is 0 Å². The van der Waals surface area contributed by atoms with Gasteiger partial charge in [-0.15, -0.1) is 0 Å². The molecule has 0 aromatic heterocycles. The summed E-state index contributed by atoms with van der Waals surface area (Å²) in [5.41, 5.74) is 10.2. The Morgan fingerprint density at radius 3 is 0.615 bits per heavy atom. The third-order valence-corrected chi connectivity index (χ3v) is 19.5. The third-order valence-electron chi connectivity index (χ3n) is 19.5. The van der Waals surface area contributed by atoms with Crippen molar-refractivity contribution in [1.29, 1.82) is 0 Å². The fourth-order valence-corrected chi connectivity index (χ4v) is 14.0. The average Bonchev–Trinajstić information content (AvgIpc) is 0.769. The van der Waals surface area contributed by atoms with E-state index in [1.807, 2.05) is 27.7 Å². The standard InChI is InChI=1S/C76H112O28/c1-5-17-93-69-45-25-41(13-9-21-97-73-65(89)61(85)57(81)53(37-77)101-73)26-46(69)34-48-28-43(15-11-23-99-75-67(91)63(87)59(83)55(39-79)103-75)30-50(71(48)95-19-7-3)36-52-32-44(16-12-24-100-76-68(92)64(88)60(84)56(40-80)104-76)31-51(72(52)96-20-8-4)35-49-29-42(27-47(33-45)70(49)94-18-6-2)14-10-22-98-74-66(90)62(86)58(82)54(38-78)102-74/h25-32,53-68,73-92H,5-24,33-40H2,1-4H3. The quantitative estimate of drug-likeness (QED) is 0.0243. The summed E-state index contributed by atoms with van der Waals surface area (Å²) in [4.78, 5) is 0. The number of aliphatic hydroxyl groups excluding tert-OH is 16. The molecule has 5 aliphatic rings. The zero-order chi connectivity index (χ0) is 74.7. The Bertz CT molecular complexity index is 2740. The molecule has 104 heavy (non-hydrogen) atoms. The van der Waals surface area contributed by atoms with Crippen molar-refractivity contribution in [2.75, 3.05) is 79.3 Å². The molecule has 4 aromatic carbocycles. The van der Waals surface area contributed by atoms with E-state index in [2.05, 4.69) is 48.5 Å². The van der Waals surface area contributed by atoms with Gasteiger partial charge in [0.15, 0.2) is 25.2 Å². The highest BCUT2D eigenvalue weighted by molar-refractivity contribution is 5.59. The lowest BCUT2D eigenvalue weighted by molar-refractivity contribution is -0.301. The zero-order valence-electron chi connectivity index (χ0n) is 60.0. The third kappa shape index (κ3) is 20.9. The van der Waals surface area contributed by atoms with Gasteiger partial charge in [0.25, 0.3) is 0 Å². The van der Waals surface area contributed by atoms with Crippen LogP contribution in [0.15, 0.2) is 48.5 Å². The predicted octanol–water partition coefficient (Wildman–Crippen LogP) is 0.515. The summed E-state index contributed by atoms with van der Waals surface area (Å²) in [5.74, 6) is 2.57. The second-order valence-corrected chi connectivity index (χ2v) is 27.8. The normalized spacial score (nSPS) is 30.1. The highest BCUT2D eigenvalue weighted by atomic mass is 16.7. The van der Waals surface area contributed by atoms with Crippen LogP contribution < -0.4 is 18.9 Å². The van der Waals surface area contributed by atoms with Gasteiger partial charge in [0.1, 0.15) is 121 Å². The predicted molar refractivity (Wildman–Crippen MR) is 372 cm³/mol. The molecule has 4 fully saturated rings. The largest absolute Gasteiger partial charge is 0.493 e. The van der Waals surface area contributed by atoms with E-state index < -0.39 is 149 Å². The molecule has 4 aliphatic heterocycles. The summed E-state index contributed by atoms with van der Waals surface area (Å²) in [5, 5.41) is 168. The van der Waals surface area contributed by atoms with Crippen LogP contribution in [0.1, 0.15) is 146 Å². The van der Waals surface area contributed by atoms with Crippen LogP contribution in [0.2, 0.25) is 0 Å². The van der Waals surface area contributed by atoms with Crippen LogP contribution in [0.5, 0.6) is 23.0 Å². The van der Waals surface area contributed by atoms with Gasteiger partial charge in [-0.1, -0.05) is 76.2 Å². The highest BCUT2D eigenvalue weighted by Gasteiger charge is 2.48. The van der Waals surface area contributed by atoms with Crippen molar-refractivity contribution in [2.45, 2.75) is 253 Å². The molecule has 16 N–H and O–H groups in total. The van der Waals surface area contributed by atoms with Crippen LogP contribution in [-0.4, -0.2) is 284 Å². The van der Waals surface area contributed by atoms with Crippen molar-refractivity contribution in [2.24, 2.45) is 0 Å². The maximum atomic E-state index is 10.9. The van der Waals surface area contributed by atoms with E-state index in [-0.39, 0.29) is 52.1 Å². The Balaban J connectivity index is 1.19. The number of hydrogen-bond acceptors (Lipinski definition) is 28. The monoisotopic (exact) mass is 1470 g/mol. The summed E-state index contributed by atoms with van der Waals surface area (Å²) in [6.07, 6.45) is -22.1. The molecule has 0 spiro atoms. The van der Waals surface area contributed by atoms with Crippen molar-refractivity contribution >= 4 is 0 Å². The van der Waals surface area contributed by atoms with Crippen LogP contribution in [0.4, 0.5) is 0 Å². The summed E-state index contributed by atoms with van der Waals surface area (Å²) in [6.45, 7) is 7.22. The van der Waals surface area contributed by atoms with Gasteiger partial charge in [0.05, 0.1) is 79.3 Å². The number of hydrogen-bond donors (Lipinski definition) is 16. The maximum Gasteiger partial charge on any atom is 0.186 e. The fourth-order valence-electron chi connectivity index (χ4n) is 14.0. The molecule has 28 heteroatoms. The molecule has 4 aromatic rings. The van der Waals surface area contributed by atoms with Crippen molar-refractivity contribution in [3.05, 3.63) is 115 Å². The SMILES string of the molecule is CCCOc1c2cc(CCCOC3OC(CO)C(O)C(O)C3O)cc1Cc1cc(CCCOC3OC(CO)C(O)C(O)C3O)cc(c1OCCC)Cc1cc(CCCOC3OC(CO)C(O)C(O)C3O)cc(c1OCCC)Cc1cc(CCCOC3OC(CO)C(O)C(O)C3O)cc(c1OCCC)C2. The first-order valence-electron chi connectivity index (χ1n) is 37.0. The van der Waals surface area contributed by atoms with Gasteiger partial charge in [0, 0.05) is 25.7 Å². The summed E-state index contributed by atoms with van der Waals surface area (Å²) >= 11 is 0. The van der Waals surface area contributed by atoms with Gasteiger partial charge in [0.2, 0.25) is 0 Å². The molecule has 9 rings (SSSR count). The first-order valence-corrected chi connectivity index (χ1v) is 37.0. The molecule has 0 radical (unpaired) electrons. The van der Waals surface area contributed by atoms with Crippen LogP contribution in [0, 0.1) is 0 Å². The molecule has 0 amide bonds. The zero-order valence-corrected chi connectivity index (χ0v) is 60.0. The molecule has 28 nitrogen and oxygen atoms in total. The van der Waals surface area contributed by atoms with E-state index in [0.717, 1.165) is 66.8 Å². The number of ether oxygens (including phenoxy) is 12. The Morgan fingerprint density at radius 2 is 0.452 bits per heavy atom. The Hall–Kier alpha value is -4.88. The lowest BCUT2D eigenvalue weighted by atomic mass is 9.87. The van der Waals surface area contributed by atoms with Gasteiger partial charge in [-0.25, -0.2) is 0 Å². The van der Waals surface area contributed by atoms with Crippen molar-refractivity contribution in [3.63, 3.8) is 0 Å². The van der Waals surface area contributed by atoms with Crippen molar-refractivity contribution < 1.29 is 139 Å². The van der Waals surface area contributed by atoms with Gasteiger partial charge < -0.3 is 139 Å². The van der Waals surface area contributed by atoms with Gasteiger partial charge >= 0.3 is 0 Å². The molecule has 0 saturated carbocycles. The average molecular weight is 1470 g/mol. The molecule has 4 saturated heterocycles. The number of fused-ring (bicyclic) bond motifs is 8. The van der Waals surface area contributed by atoms with E-state index in [4.69, 9.17) is 56.8 Å². The minimum Gasteiger partial charge on any atom is -0.493 e. The van der Waals surface area contributed by atoms with E-state index in [1.54, 1.807) is 0 Å². The molecule has 20 atom stereocenters. The number of rotatable bonds is 36. The van der Waals surface area contributed by atoms with Gasteiger partial charge in [-0.2, -0.15) is 0 Å². The van der Waals surface area contributed by atoms with Crippen LogP contribution in [-0.2, 0) is 89.3 Å². The Kier molecular flexibility index (Phi) is 32.4.